The zero-order chi connectivity index (χ0) is 17.9. The van der Waals surface area contributed by atoms with E-state index in [-0.39, 0.29) is 5.56 Å². The van der Waals surface area contributed by atoms with Crippen LogP contribution in [0.15, 0.2) is 23.3 Å². The lowest BCUT2D eigenvalue weighted by Gasteiger charge is -2.34. The van der Waals surface area contributed by atoms with Crippen LogP contribution in [0, 0.1) is 6.92 Å². The first kappa shape index (κ1) is 17.3. The summed E-state index contributed by atoms with van der Waals surface area (Å²) in [6.45, 7) is 8.49. The van der Waals surface area contributed by atoms with Crippen molar-refractivity contribution in [3.8, 4) is 0 Å². The lowest BCUT2D eigenvalue weighted by molar-refractivity contribution is 0.121. The third-order valence-electron chi connectivity index (χ3n) is 5.47. The highest BCUT2D eigenvalue weighted by Gasteiger charge is 2.19. The van der Waals surface area contributed by atoms with Gasteiger partial charge in [0.1, 0.15) is 0 Å². The molecule has 0 atom stereocenters. The van der Waals surface area contributed by atoms with Crippen molar-refractivity contribution in [2.45, 2.75) is 39.3 Å². The van der Waals surface area contributed by atoms with Gasteiger partial charge in [0.05, 0.1) is 23.6 Å². The van der Waals surface area contributed by atoms with Crippen molar-refractivity contribution in [1.82, 2.24) is 29.5 Å². The van der Waals surface area contributed by atoms with Crippen LogP contribution in [0.1, 0.15) is 29.1 Å². The van der Waals surface area contributed by atoms with Gasteiger partial charge in [-0.1, -0.05) is 0 Å². The SMILES string of the molecule is Cc1nccnc1CN1CCN(CCn2nc3c(cc2=O)CCC3)CC1. The number of rotatable bonds is 5. The lowest BCUT2D eigenvalue weighted by Crippen LogP contribution is -2.47. The summed E-state index contributed by atoms with van der Waals surface area (Å²) < 4.78 is 1.65. The van der Waals surface area contributed by atoms with Gasteiger partial charge in [-0.15, -0.1) is 0 Å². The normalized spacial score (nSPS) is 18.2. The molecule has 0 N–H and O–H groups in total. The molecule has 0 spiro atoms. The quantitative estimate of drug-likeness (QED) is 0.785. The summed E-state index contributed by atoms with van der Waals surface area (Å²) >= 11 is 0. The average Bonchev–Trinajstić information content (AvgIpc) is 3.10. The standard InChI is InChI=1S/C19H26N6O/c1-15-18(21-6-5-20-15)14-24-9-7-23(8-10-24)11-12-25-19(26)13-16-3-2-4-17(16)22-25/h5-6,13H,2-4,7-12,14H2,1H3. The minimum atomic E-state index is 0.0439. The predicted molar refractivity (Wildman–Crippen MR) is 99.0 cm³/mol. The van der Waals surface area contributed by atoms with E-state index < -0.39 is 0 Å². The first-order valence-electron chi connectivity index (χ1n) is 9.50. The van der Waals surface area contributed by atoms with Gasteiger partial charge < -0.3 is 0 Å². The summed E-state index contributed by atoms with van der Waals surface area (Å²) in [7, 11) is 0. The Morgan fingerprint density at radius 2 is 1.77 bits per heavy atom. The zero-order valence-electron chi connectivity index (χ0n) is 15.4. The van der Waals surface area contributed by atoms with Gasteiger partial charge in [-0.05, 0) is 31.7 Å². The Morgan fingerprint density at radius 1 is 1.00 bits per heavy atom. The van der Waals surface area contributed by atoms with Crippen LogP contribution in [0.2, 0.25) is 0 Å². The molecule has 4 rings (SSSR count). The molecule has 0 saturated carbocycles. The zero-order valence-corrected chi connectivity index (χ0v) is 15.4. The number of hydrogen-bond donors (Lipinski definition) is 0. The van der Waals surface area contributed by atoms with Crippen molar-refractivity contribution in [2.75, 3.05) is 32.7 Å². The molecule has 7 heteroatoms. The molecule has 7 nitrogen and oxygen atoms in total. The Morgan fingerprint density at radius 3 is 2.58 bits per heavy atom. The van der Waals surface area contributed by atoms with Gasteiger partial charge in [0, 0.05) is 57.7 Å². The Kier molecular flexibility index (Phi) is 5.08. The Labute approximate surface area is 153 Å². The maximum Gasteiger partial charge on any atom is 0.267 e. The second-order valence-electron chi connectivity index (χ2n) is 7.24. The third kappa shape index (κ3) is 3.83. The van der Waals surface area contributed by atoms with Gasteiger partial charge in [0.25, 0.3) is 5.56 Å². The molecule has 2 aromatic rings. The average molecular weight is 354 g/mol. The van der Waals surface area contributed by atoms with Gasteiger partial charge in [0.2, 0.25) is 0 Å². The molecule has 1 saturated heterocycles. The van der Waals surface area contributed by atoms with E-state index >= 15 is 0 Å². The molecule has 3 heterocycles. The topological polar surface area (TPSA) is 67.2 Å². The fourth-order valence-corrected chi connectivity index (χ4v) is 3.81. The molecule has 2 aliphatic rings. The van der Waals surface area contributed by atoms with Crippen molar-refractivity contribution in [1.29, 1.82) is 0 Å². The van der Waals surface area contributed by atoms with Crippen LogP contribution in [-0.4, -0.2) is 62.3 Å². The van der Waals surface area contributed by atoms with Gasteiger partial charge in [-0.25, -0.2) is 4.68 Å². The fourth-order valence-electron chi connectivity index (χ4n) is 3.81. The maximum atomic E-state index is 12.2. The van der Waals surface area contributed by atoms with Crippen molar-refractivity contribution in [2.24, 2.45) is 0 Å². The van der Waals surface area contributed by atoms with Crippen LogP contribution in [-0.2, 0) is 25.9 Å². The first-order valence-corrected chi connectivity index (χ1v) is 9.50. The maximum absolute atomic E-state index is 12.2. The summed E-state index contributed by atoms with van der Waals surface area (Å²) in [4.78, 5) is 25.8. The van der Waals surface area contributed by atoms with Gasteiger partial charge in [-0.3, -0.25) is 24.6 Å². The van der Waals surface area contributed by atoms with Crippen LogP contribution in [0.25, 0.3) is 0 Å². The molecular formula is C19H26N6O. The number of piperazine rings is 1. The van der Waals surface area contributed by atoms with Crippen LogP contribution in [0.4, 0.5) is 0 Å². The monoisotopic (exact) mass is 354 g/mol. The molecule has 0 amide bonds. The molecule has 0 radical (unpaired) electrons. The molecule has 1 aliphatic carbocycles. The minimum absolute atomic E-state index is 0.0439. The minimum Gasteiger partial charge on any atom is -0.299 e. The van der Waals surface area contributed by atoms with Crippen molar-refractivity contribution in [3.63, 3.8) is 0 Å². The van der Waals surface area contributed by atoms with E-state index in [1.165, 1.54) is 0 Å². The number of aromatic nitrogens is 4. The van der Waals surface area contributed by atoms with Gasteiger partial charge in [-0.2, -0.15) is 5.10 Å². The highest BCUT2D eigenvalue weighted by atomic mass is 16.1. The smallest absolute Gasteiger partial charge is 0.267 e. The van der Waals surface area contributed by atoms with E-state index in [0.29, 0.717) is 6.54 Å². The molecule has 1 fully saturated rings. The van der Waals surface area contributed by atoms with Crippen LogP contribution in [0.3, 0.4) is 0 Å². The Balaban J connectivity index is 1.28. The Bertz CT molecular complexity index is 825. The summed E-state index contributed by atoms with van der Waals surface area (Å²) in [5.74, 6) is 0. The summed E-state index contributed by atoms with van der Waals surface area (Å²) in [5.41, 5.74) is 4.39. The van der Waals surface area contributed by atoms with Gasteiger partial charge >= 0.3 is 0 Å². The van der Waals surface area contributed by atoms with Crippen molar-refractivity contribution < 1.29 is 0 Å². The lowest BCUT2D eigenvalue weighted by atomic mass is 10.2. The molecule has 0 aromatic carbocycles. The van der Waals surface area contributed by atoms with E-state index in [1.54, 1.807) is 23.1 Å². The Hall–Kier alpha value is -2.12. The van der Waals surface area contributed by atoms with Crippen LogP contribution < -0.4 is 5.56 Å². The van der Waals surface area contributed by atoms with E-state index in [0.717, 1.165) is 81.2 Å². The molecular weight excluding hydrogens is 328 g/mol. The van der Waals surface area contributed by atoms with E-state index in [1.807, 2.05) is 6.92 Å². The first-order chi connectivity index (χ1) is 12.7. The highest BCUT2D eigenvalue weighted by Crippen LogP contribution is 2.17. The van der Waals surface area contributed by atoms with Crippen LogP contribution in [0.5, 0.6) is 0 Å². The molecule has 0 unspecified atom stereocenters. The fraction of sp³-hybridized carbons (Fsp3) is 0.579. The number of aryl methyl sites for hydroxylation is 3. The van der Waals surface area contributed by atoms with E-state index in [9.17, 15) is 4.79 Å². The second-order valence-corrected chi connectivity index (χ2v) is 7.24. The van der Waals surface area contributed by atoms with E-state index in [2.05, 4.69) is 24.9 Å². The predicted octanol–water partition coefficient (Wildman–Crippen LogP) is 0.648. The summed E-state index contributed by atoms with van der Waals surface area (Å²) in [5, 5.41) is 4.57. The number of nitrogens with zero attached hydrogens (tertiary/aromatic N) is 6. The molecule has 26 heavy (non-hydrogen) atoms. The van der Waals surface area contributed by atoms with Crippen LogP contribution >= 0.6 is 0 Å². The molecule has 2 aromatic heterocycles. The third-order valence-corrected chi connectivity index (χ3v) is 5.47. The van der Waals surface area contributed by atoms with Crippen molar-refractivity contribution >= 4 is 0 Å². The van der Waals surface area contributed by atoms with E-state index in [4.69, 9.17) is 0 Å². The second kappa shape index (κ2) is 7.63. The van der Waals surface area contributed by atoms with Crippen molar-refractivity contribution in [3.05, 3.63) is 51.5 Å². The highest BCUT2D eigenvalue weighted by molar-refractivity contribution is 5.22. The molecule has 138 valence electrons. The van der Waals surface area contributed by atoms with Gasteiger partial charge in [0.15, 0.2) is 0 Å². The molecule has 1 aliphatic heterocycles. The summed E-state index contributed by atoms with van der Waals surface area (Å²) in [6.07, 6.45) is 6.65. The summed E-state index contributed by atoms with van der Waals surface area (Å²) in [6, 6.07) is 1.79. The number of hydrogen-bond acceptors (Lipinski definition) is 6. The number of fused-ring (bicyclic) bond motifs is 1. The largest absolute Gasteiger partial charge is 0.299 e. The molecule has 0 bridgehead atoms.